The van der Waals surface area contributed by atoms with Gasteiger partial charge in [0.05, 0.1) is 42.4 Å². The zero-order chi connectivity index (χ0) is 25.8. The van der Waals surface area contributed by atoms with Crippen LogP contribution >= 0.6 is 0 Å². The summed E-state index contributed by atoms with van der Waals surface area (Å²) < 4.78 is 74.6. The molecule has 0 saturated heterocycles. The normalized spacial score (nSPS) is 22.7. The van der Waals surface area contributed by atoms with Gasteiger partial charge in [0.25, 0.3) is 0 Å². The molecule has 1 saturated carbocycles. The summed E-state index contributed by atoms with van der Waals surface area (Å²) in [6.45, 7) is 3.41. The van der Waals surface area contributed by atoms with Gasteiger partial charge in [-0.3, -0.25) is 4.98 Å². The number of halogens is 5. The predicted molar refractivity (Wildman–Crippen MR) is 125 cm³/mol. The molecule has 1 aliphatic carbocycles. The van der Waals surface area contributed by atoms with Crippen LogP contribution < -0.4 is 4.74 Å². The molecule has 194 valence electrons. The van der Waals surface area contributed by atoms with Crippen molar-refractivity contribution in [2.45, 2.75) is 82.5 Å². The second kappa shape index (κ2) is 8.85. The number of hydrogen-bond acceptors (Lipinski definition) is 5. The maximum atomic E-state index is 13.8. The molecule has 1 fully saturated rings. The van der Waals surface area contributed by atoms with E-state index in [-0.39, 0.29) is 50.2 Å². The number of pyridine rings is 1. The van der Waals surface area contributed by atoms with Crippen molar-refractivity contribution in [1.82, 2.24) is 14.5 Å². The summed E-state index contributed by atoms with van der Waals surface area (Å²) in [5.41, 5.74) is 3.11. The standard InChI is InChI=1S/C25H27F5N4O2/c1-13-21(14(2)36-33-13)17-10-18-16(11-20(17)35-3)22-19(12-31-18)32-23(34(22)9-8-25(28,29)30)15-4-6-24(26,27)7-5-15/h10-12,14-15,21H,4-9H2,1-3H3. The predicted octanol–water partition coefficient (Wildman–Crippen LogP) is 6.72. The highest BCUT2D eigenvalue weighted by Gasteiger charge is 2.38. The minimum absolute atomic E-state index is 0.156. The van der Waals surface area contributed by atoms with Crippen LogP contribution in [0.25, 0.3) is 21.9 Å². The highest BCUT2D eigenvalue weighted by molar-refractivity contribution is 6.04. The van der Waals surface area contributed by atoms with Gasteiger partial charge in [0, 0.05) is 36.3 Å². The van der Waals surface area contributed by atoms with Crippen molar-refractivity contribution in [2.75, 3.05) is 7.11 Å². The third-order valence-corrected chi connectivity index (χ3v) is 7.27. The van der Waals surface area contributed by atoms with Gasteiger partial charge >= 0.3 is 6.18 Å². The molecule has 0 bridgehead atoms. The fourth-order valence-electron chi connectivity index (χ4n) is 5.47. The average molecular weight is 511 g/mol. The van der Waals surface area contributed by atoms with Crippen LogP contribution in [0.15, 0.2) is 23.5 Å². The van der Waals surface area contributed by atoms with E-state index in [4.69, 9.17) is 9.57 Å². The largest absolute Gasteiger partial charge is 0.496 e. The number of fused-ring (bicyclic) bond motifs is 3. The van der Waals surface area contributed by atoms with Crippen LogP contribution in [0.2, 0.25) is 0 Å². The second-order valence-corrected chi connectivity index (χ2v) is 9.74. The number of hydrogen-bond donors (Lipinski definition) is 0. The van der Waals surface area contributed by atoms with Crippen molar-refractivity contribution >= 4 is 27.6 Å². The van der Waals surface area contributed by atoms with Crippen LogP contribution in [0.4, 0.5) is 22.0 Å². The molecule has 11 heteroatoms. The van der Waals surface area contributed by atoms with Crippen LogP contribution in [0.5, 0.6) is 5.75 Å². The Kier molecular flexibility index (Phi) is 6.07. The number of rotatable bonds is 5. The molecular formula is C25H27F5N4O2. The van der Waals surface area contributed by atoms with Crippen molar-refractivity contribution < 1.29 is 31.5 Å². The number of alkyl halides is 5. The van der Waals surface area contributed by atoms with Gasteiger partial charge in [0.15, 0.2) is 0 Å². The lowest BCUT2D eigenvalue weighted by atomic mass is 9.86. The first kappa shape index (κ1) is 24.7. The second-order valence-electron chi connectivity index (χ2n) is 9.74. The average Bonchev–Trinajstić information content (AvgIpc) is 3.35. The Morgan fingerprint density at radius 1 is 1.17 bits per heavy atom. The Balaban J connectivity index is 1.67. The van der Waals surface area contributed by atoms with E-state index in [1.54, 1.807) is 10.6 Å². The Bertz CT molecular complexity index is 1320. The van der Waals surface area contributed by atoms with Crippen molar-refractivity contribution in [2.24, 2.45) is 5.16 Å². The van der Waals surface area contributed by atoms with E-state index in [1.807, 2.05) is 19.9 Å². The molecular weight excluding hydrogens is 483 g/mol. The first-order chi connectivity index (χ1) is 17.0. The van der Waals surface area contributed by atoms with Gasteiger partial charge in [-0.1, -0.05) is 5.16 Å². The quantitative estimate of drug-likeness (QED) is 0.358. The van der Waals surface area contributed by atoms with Crippen LogP contribution in [-0.4, -0.2) is 45.6 Å². The van der Waals surface area contributed by atoms with Gasteiger partial charge in [-0.15, -0.1) is 0 Å². The molecule has 1 aliphatic heterocycles. The van der Waals surface area contributed by atoms with E-state index in [0.717, 1.165) is 11.3 Å². The number of methoxy groups -OCH3 is 1. The fraction of sp³-hybridized carbons (Fsp3) is 0.560. The maximum Gasteiger partial charge on any atom is 0.390 e. The summed E-state index contributed by atoms with van der Waals surface area (Å²) in [5, 5.41) is 4.67. The number of aryl methyl sites for hydroxylation is 1. The molecule has 0 amide bonds. The number of aromatic nitrogens is 3. The van der Waals surface area contributed by atoms with Crippen LogP contribution in [0.1, 0.15) is 69.2 Å². The Morgan fingerprint density at radius 2 is 1.89 bits per heavy atom. The van der Waals surface area contributed by atoms with E-state index in [9.17, 15) is 22.0 Å². The smallest absolute Gasteiger partial charge is 0.390 e. The Labute approximate surface area is 204 Å². The van der Waals surface area contributed by atoms with Crippen molar-refractivity contribution in [3.63, 3.8) is 0 Å². The third-order valence-electron chi connectivity index (χ3n) is 7.27. The van der Waals surface area contributed by atoms with Gasteiger partial charge in [0.2, 0.25) is 5.92 Å². The summed E-state index contributed by atoms with van der Waals surface area (Å²) >= 11 is 0. The summed E-state index contributed by atoms with van der Waals surface area (Å²) in [6.07, 6.45) is -4.39. The van der Waals surface area contributed by atoms with Gasteiger partial charge < -0.3 is 14.1 Å². The molecule has 6 nitrogen and oxygen atoms in total. The molecule has 2 atom stereocenters. The van der Waals surface area contributed by atoms with E-state index < -0.39 is 18.5 Å². The topological polar surface area (TPSA) is 61.5 Å². The van der Waals surface area contributed by atoms with Crippen molar-refractivity contribution in [3.8, 4) is 5.75 Å². The fourth-order valence-corrected chi connectivity index (χ4v) is 5.47. The van der Waals surface area contributed by atoms with Gasteiger partial charge in [0.1, 0.15) is 23.2 Å². The molecule has 2 aliphatic rings. The molecule has 3 aromatic rings. The Morgan fingerprint density at radius 3 is 2.50 bits per heavy atom. The van der Waals surface area contributed by atoms with Crippen molar-refractivity contribution in [3.05, 3.63) is 29.7 Å². The number of ether oxygens (including phenoxy) is 1. The minimum atomic E-state index is -4.38. The first-order valence-corrected chi connectivity index (χ1v) is 12.0. The number of nitrogens with zero attached hydrogens (tertiary/aromatic N) is 4. The summed E-state index contributed by atoms with van der Waals surface area (Å²) in [6, 6.07) is 3.62. The zero-order valence-electron chi connectivity index (χ0n) is 20.2. The van der Waals surface area contributed by atoms with Crippen molar-refractivity contribution in [1.29, 1.82) is 0 Å². The summed E-state index contributed by atoms with van der Waals surface area (Å²) in [7, 11) is 1.53. The highest BCUT2D eigenvalue weighted by Crippen LogP contribution is 2.43. The van der Waals surface area contributed by atoms with E-state index >= 15 is 0 Å². The van der Waals surface area contributed by atoms with Crippen LogP contribution in [-0.2, 0) is 11.4 Å². The lowest BCUT2D eigenvalue weighted by Gasteiger charge is -2.28. The monoisotopic (exact) mass is 510 g/mol. The highest BCUT2D eigenvalue weighted by atomic mass is 19.4. The minimum Gasteiger partial charge on any atom is -0.496 e. The zero-order valence-corrected chi connectivity index (χ0v) is 20.2. The van der Waals surface area contributed by atoms with Gasteiger partial charge in [-0.25, -0.2) is 13.8 Å². The molecule has 2 aromatic heterocycles. The third kappa shape index (κ3) is 4.48. The number of oxime groups is 1. The molecule has 2 unspecified atom stereocenters. The van der Waals surface area contributed by atoms with E-state index in [0.29, 0.717) is 33.5 Å². The van der Waals surface area contributed by atoms with Crippen LogP contribution in [0, 0.1) is 0 Å². The number of imidazole rings is 1. The SMILES string of the molecule is COc1cc2c(cc1C1C(C)=NOC1C)ncc1nc(C3CCC(F)(F)CC3)n(CCC(F)(F)F)c12. The van der Waals surface area contributed by atoms with E-state index in [2.05, 4.69) is 15.1 Å². The van der Waals surface area contributed by atoms with E-state index in [1.165, 1.54) is 13.3 Å². The first-order valence-electron chi connectivity index (χ1n) is 12.0. The lowest BCUT2D eigenvalue weighted by Crippen LogP contribution is -2.25. The molecule has 0 N–H and O–H groups in total. The summed E-state index contributed by atoms with van der Waals surface area (Å²) in [5.74, 6) is -2.31. The molecule has 0 spiro atoms. The molecule has 3 heterocycles. The number of benzene rings is 1. The summed E-state index contributed by atoms with van der Waals surface area (Å²) in [4.78, 5) is 14.6. The molecule has 1 aromatic carbocycles. The molecule has 36 heavy (non-hydrogen) atoms. The maximum absolute atomic E-state index is 13.8. The van der Waals surface area contributed by atoms with Gasteiger partial charge in [-0.2, -0.15) is 13.2 Å². The lowest BCUT2D eigenvalue weighted by molar-refractivity contribution is -0.136. The Hall–Kier alpha value is -2.98. The van der Waals surface area contributed by atoms with Crippen LogP contribution in [0.3, 0.4) is 0 Å². The van der Waals surface area contributed by atoms with Gasteiger partial charge in [-0.05, 0) is 38.8 Å². The molecule has 5 rings (SSSR count). The molecule has 0 radical (unpaired) electrons.